The van der Waals surface area contributed by atoms with E-state index in [4.69, 9.17) is 15.0 Å². The van der Waals surface area contributed by atoms with Gasteiger partial charge >= 0.3 is 0 Å². The van der Waals surface area contributed by atoms with Crippen LogP contribution in [0.4, 0.5) is 0 Å². The summed E-state index contributed by atoms with van der Waals surface area (Å²) in [5.74, 6) is 0.715. The number of nitrogens with zero attached hydrogens (tertiary/aromatic N) is 3. The van der Waals surface area contributed by atoms with Crippen LogP contribution in [0.3, 0.4) is 0 Å². The van der Waals surface area contributed by atoms with E-state index in [1.54, 1.807) is 0 Å². The van der Waals surface area contributed by atoms with Crippen LogP contribution in [0.2, 0.25) is 0 Å². The highest BCUT2D eigenvalue weighted by Gasteiger charge is 2.18. The lowest BCUT2D eigenvalue weighted by molar-refractivity contribution is 1.23. The second-order valence-electron chi connectivity index (χ2n) is 13.9. The van der Waals surface area contributed by atoms with Crippen molar-refractivity contribution in [1.29, 1.82) is 0 Å². The maximum Gasteiger partial charge on any atom is 0.160 e. The Labute approximate surface area is 311 Å². The summed E-state index contributed by atoms with van der Waals surface area (Å²) in [4.78, 5) is 15.6. The monoisotopic (exact) mass is 685 g/mol. The van der Waals surface area contributed by atoms with Crippen molar-refractivity contribution in [2.75, 3.05) is 0 Å². The van der Waals surface area contributed by atoms with Crippen LogP contribution in [0.5, 0.6) is 0 Å². The van der Waals surface area contributed by atoms with Crippen LogP contribution < -0.4 is 0 Å². The van der Waals surface area contributed by atoms with Crippen LogP contribution in [-0.2, 0) is 0 Å². The number of hydrogen-bond donors (Lipinski definition) is 0. The van der Waals surface area contributed by atoms with Crippen molar-refractivity contribution >= 4 is 64.9 Å². The topological polar surface area (TPSA) is 38.7 Å². The minimum atomic E-state index is 0.715. The van der Waals surface area contributed by atoms with Crippen molar-refractivity contribution in [2.24, 2.45) is 0 Å². The fourth-order valence-corrected chi connectivity index (χ4v) is 8.31. The zero-order valence-electron chi connectivity index (χ0n) is 29.2. The summed E-state index contributed by atoms with van der Waals surface area (Å²) in [6.45, 7) is 0. The van der Waals surface area contributed by atoms with Crippen LogP contribution >= 0.6 is 0 Å². The molecule has 250 valence electrons. The Kier molecular flexibility index (Phi) is 6.86. The Morgan fingerprint density at radius 2 is 0.741 bits per heavy atom. The highest BCUT2D eigenvalue weighted by atomic mass is 14.9. The summed E-state index contributed by atoms with van der Waals surface area (Å²) in [5.41, 5.74) is 9.34. The SMILES string of the molecule is c1ccc2c(-c3nc(-c4ccc(-c5ccc(-c6nc7ccccc7c7c8ccccc8c8ccccc8c67)cc5)cc4)nc4ccccc34)cccc2c1. The molecule has 0 bridgehead atoms. The molecule has 11 aromatic rings. The summed E-state index contributed by atoms with van der Waals surface area (Å²) in [6, 6.07) is 66.7. The normalized spacial score (nSPS) is 11.7. The molecule has 11 rings (SSSR count). The van der Waals surface area contributed by atoms with Gasteiger partial charge in [-0.3, -0.25) is 0 Å². The van der Waals surface area contributed by atoms with Crippen molar-refractivity contribution in [2.45, 2.75) is 0 Å². The predicted molar refractivity (Wildman–Crippen MR) is 227 cm³/mol. The van der Waals surface area contributed by atoms with Crippen LogP contribution in [0.1, 0.15) is 0 Å². The van der Waals surface area contributed by atoms with Gasteiger partial charge in [0.05, 0.1) is 22.4 Å². The molecular weight excluding hydrogens is 655 g/mol. The molecule has 0 atom stereocenters. The number of rotatable bonds is 4. The van der Waals surface area contributed by atoms with Crippen LogP contribution in [0, 0.1) is 0 Å². The zero-order valence-corrected chi connectivity index (χ0v) is 29.2. The summed E-state index contributed by atoms with van der Waals surface area (Å²) in [5, 5.41) is 12.0. The lowest BCUT2D eigenvalue weighted by atomic mass is 9.89. The van der Waals surface area contributed by atoms with Gasteiger partial charge in [0.25, 0.3) is 0 Å². The molecule has 0 aliphatic carbocycles. The van der Waals surface area contributed by atoms with Crippen LogP contribution in [0.25, 0.3) is 110 Å². The number of para-hydroxylation sites is 2. The quantitative estimate of drug-likeness (QED) is 0.173. The molecule has 3 heteroatoms. The van der Waals surface area contributed by atoms with Gasteiger partial charge in [0, 0.05) is 38.2 Å². The van der Waals surface area contributed by atoms with Gasteiger partial charge in [0.2, 0.25) is 0 Å². The molecule has 0 unspecified atom stereocenters. The average Bonchev–Trinajstić information content (AvgIpc) is 3.25. The Balaban J connectivity index is 1.01. The molecule has 0 fully saturated rings. The molecule has 0 aliphatic heterocycles. The first-order valence-electron chi connectivity index (χ1n) is 18.4. The molecule has 0 spiro atoms. The van der Waals surface area contributed by atoms with E-state index in [1.807, 2.05) is 6.07 Å². The van der Waals surface area contributed by atoms with Crippen molar-refractivity contribution in [3.63, 3.8) is 0 Å². The molecule has 0 N–H and O–H groups in total. The lowest BCUT2D eigenvalue weighted by Gasteiger charge is -2.16. The summed E-state index contributed by atoms with van der Waals surface area (Å²) < 4.78 is 0. The molecule has 9 aromatic carbocycles. The van der Waals surface area contributed by atoms with Gasteiger partial charge in [-0.05, 0) is 55.6 Å². The van der Waals surface area contributed by atoms with Gasteiger partial charge in [0.15, 0.2) is 5.82 Å². The van der Waals surface area contributed by atoms with Gasteiger partial charge in [-0.2, -0.15) is 0 Å². The molecule has 3 nitrogen and oxygen atoms in total. The van der Waals surface area contributed by atoms with Gasteiger partial charge in [-0.25, -0.2) is 15.0 Å². The van der Waals surface area contributed by atoms with E-state index in [0.717, 1.165) is 55.6 Å². The Morgan fingerprint density at radius 3 is 1.43 bits per heavy atom. The third-order valence-electron chi connectivity index (χ3n) is 10.9. The molecule has 0 radical (unpaired) electrons. The highest BCUT2D eigenvalue weighted by molar-refractivity contribution is 6.33. The first kappa shape index (κ1) is 30.4. The first-order chi connectivity index (χ1) is 26.8. The Hall–Kier alpha value is -7.23. The number of fused-ring (bicyclic) bond motifs is 10. The van der Waals surface area contributed by atoms with E-state index in [0.29, 0.717) is 5.82 Å². The highest BCUT2D eigenvalue weighted by Crippen LogP contribution is 2.43. The van der Waals surface area contributed by atoms with Gasteiger partial charge in [0.1, 0.15) is 0 Å². The van der Waals surface area contributed by atoms with E-state index in [1.165, 1.54) is 48.5 Å². The van der Waals surface area contributed by atoms with Crippen LogP contribution in [0.15, 0.2) is 188 Å². The molecule has 0 saturated heterocycles. The number of benzene rings is 9. The van der Waals surface area contributed by atoms with Crippen molar-refractivity contribution in [3.05, 3.63) is 188 Å². The minimum absolute atomic E-state index is 0.715. The fourth-order valence-electron chi connectivity index (χ4n) is 8.31. The van der Waals surface area contributed by atoms with Gasteiger partial charge < -0.3 is 0 Å². The largest absolute Gasteiger partial charge is 0.247 e. The third-order valence-corrected chi connectivity index (χ3v) is 10.9. The molecule has 2 aromatic heterocycles. The predicted octanol–water partition coefficient (Wildman–Crippen LogP) is 13.5. The molecule has 2 heterocycles. The first-order valence-corrected chi connectivity index (χ1v) is 18.4. The van der Waals surface area contributed by atoms with Crippen molar-refractivity contribution in [1.82, 2.24) is 15.0 Å². The van der Waals surface area contributed by atoms with E-state index in [2.05, 4.69) is 182 Å². The summed E-state index contributed by atoms with van der Waals surface area (Å²) >= 11 is 0. The summed E-state index contributed by atoms with van der Waals surface area (Å²) in [6.07, 6.45) is 0. The van der Waals surface area contributed by atoms with E-state index < -0.39 is 0 Å². The van der Waals surface area contributed by atoms with Crippen LogP contribution in [-0.4, -0.2) is 15.0 Å². The third kappa shape index (κ3) is 4.79. The maximum absolute atomic E-state index is 5.33. The van der Waals surface area contributed by atoms with Crippen molar-refractivity contribution < 1.29 is 0 Å². The fraction of sp³-hybridized carbons (Fsp3) is 0. The Morgan fingerprint density at radius 1 is 0.259 bits per heavy atom. The Bertz CT molecular complexity index is 3250. The molecular formula is C51H31N3. The van der Waals surface area contributed by atoms with Gasteiger partial charge in [-0.15, -0.1) is 0 Å². The standard InChI is InChI=1S/C51H31N3/c1-2-14-37-34(12-1)13-11-21-42(37)50-44-20-8-10-23-46(44)53-51(54-50)36-30-26-33(27-31-36)32-24-28-35(29-25-32)49-48-41-18-6-4-16-39(41)38-15-3-5-17-40(38)47(48)43-19-7-9-22-45(43)52-49/h1-31H. The number of aromatic nitrogens is 3. The lowest BCUT2D eigenvalue weighted by Crippen LogP contribution is -1.96. The minimum Gasteiger partial charge on any atom is -0.247 e. The molecule has 0 aliphatic rings. The smallest absolute Gasteiger partial charge is 0.160 e. The summed E-state index contributed by atoms with van der Waals surface area (Å²) in [7, 11) is 0. The second-order valence-corrected chi connectivity index (χ2v) is 13.9. The van der Waals surface area contributed by atoms with Crippen molar-refractivity contribution in [3.8, 4) is 45.0 Å². The van der Waals surface area contributed by atoms with E-state index in [9.17, 15) is 0 Å². The molecule has 54 heavy (non-hydrogen) atoms. The number of pyridine rings is 1. The molecule has 0 amide bonds. The van der Waals surface area contributed by atoms with E-state index in [-0.39, 0.29) is 0 Å². The van der Waals surface area contributed by atoms with E-state index >= 15 is 0 Å². The number of hydrogen-bond acceptors (Lipinski definition) is 3. The average molecular weight is 686 g/mol. The maximum atomic E-state index is 5.33. The second kappa shape index (κ2) is 12.2. The molecule has 0 saturated carbocycles. The zero-order chi connectivity index (χ0) is 35.6. The van der Waals surface area contributed by atoms with Gasteiger partial charge in [-0.1, -0.05) is 176 Å².